The molecule has 0 aliphatic heterocycles. The van der Waals surface area contributed by atoms with E-state index < -0.39 is 0 Å². The van der Waals surface area contributed by atoms with Gasteiger partial charge in [-0.2, -0.15) is 0 Å². The summed E-state index contributed by atoms with van der Waals surface area (Å²) in [5.74, 6) is 0. The fraction of sp³-hybridized carbons (Fsp3) is 0.250. The molecule has 3 heteroatoms. The maximum absolute atomic E-state index is 4.28. The Morgan fingerprint density at radius 3 is 2.80 bits per heavy atom. The first-order valence-corrected chi connectivity index (χ1v) is 5.18. The Morgan fingerprint density at radius 2 is 2.13 bits per heavy atom. The van der Waals surface area contributed by atoms with E-state index in [1.165, 1.54) is 5.69 Å². The van der Waals surface area contributed by atoms with E-state index in [0.29, 0.717) is 0 Å². The molecule has 2 aromatic rings. The van der Waals surface area contributed by atoms with Gasteiger partial charge >= 0.3 is 0 Å². The summed E-state index contributed by atoms with van der Waals surface area (Å²) in [4.78, 5) is 4.28. The van der Waals surface area contributed by atoms with Crippen molar-refractivity contribution in [3.8, 4) is 0 Å². The third-order valence-electron chi connectivity index (χ3n) is 2.48. The van der Waals surface area contributed by atoms with Gasteiger partial charge in [0.1, 0.15) is 13.1 Å². The molecule has 0 unspecified atom stereocenters. The zero-order chi connectivity index (χ0) is 10.5. The lowest BCUT2D eigenvalue weighted by molar-refractivity contribution is -0.687. The Kier molecular flexibility index (Phi) is 3.15. The molecule has 0 saturated heterocycles. The maximum atomic E-state index is 4.28. The summed E-state index contributed by atoms with van der Waals surface area (Å²) in [5, 5.41) is 2.26. The van der Waals surface area contributed by atoms with E-state index in [2.05, 4.69) is 46.3 Å². The molecule has 15 heavy (non-hydrogen) atoms. The van der Waals surface area contributed by atoms with Crippen molar-refractivity contribution in [2.45, 2.75) is 13.1 Å². The van der Waals surface area contributed by atoms with Crippen molar-refractivity contribution in [2.75, 3.05) is 0 Å². The van der Waals surface area contributed by atoms with Crippen LogP contribution in [0.2, 0.25) is 0 Å². The molecule has 0 radical (unpaired) electrons. The van der Waals surface area contributed by atoms with Gasteiger partial charge in [0.15, 0.2) is 0 Å². The second-order valence-corrected chi connectivity index (χ2v) is 3.63. The summed E-state index contributed by atoms with van der Waals surface area (Å²) in [6, 6.07) is 10.2. The van der Waals surface area contributed by atoms with Crippen LogP contribution in [-0.4, -0.2) is 9.55 Å². The monoisotopic (exact) mass is 202 g/mol. The van der Waals surface area contributed by atoms with Gasteiger partial charge in [0.05, 0.1) is 11.4 Å². The molecule has 0 aliphatic carbocycles. The van der Waals surface area contributed by atoms with Gasteiger partial charge in [0.25, 0.3) is 0 Å². The smallest absolute Gasteiger partial charge is 0.119 e. The first-order chi connectivity index (χ1) is 7.36. The predicted molar refractivity (Wildman–Crippen MR) is 59.0 cm³/mol. The van der Waals surface area contributed by atoms with E-state index in [-0.39, 0.29) is 0 Å². The van der Waals surface area contributed by atoms with Gasteiger partial charge in [-0.1, -0.05) is 6.07 Å². The average molecular weight is 202 g/mol. The number of rotatable bonds is 4. The van der Waals surface area contributed by atoms with E-state index in [4.69, 9.17) is 0 Å². The Bertz CT molecular complexity index is 406. The minimum absolute atomic E-state index is 0.937. The molecular formula is C12H16N3+. The van der Waals surface area contributed by atoms with Crippen molar-refractivity contribution < 1.29 is 5.32 Å². The molecular weight excluding hydrogens is 186 g/mol. The minimum atomic E-state index is 0.937. The molecule has 3 nitrogen and oxygen atoms in total. The minimum Gasteiger partial charge on any atom is -0.350 e. The van der Waals surface area contributed by atoms with E-state index in [1.807, 2.05) is 18.3 Å². The number of quaternary nitrogens is 1. The normalized spacial score (nSPS) is 10.5. The summed E-state index contributed by atoms with van der Waals surface area (Å²) in [5.41, 5.74) is 2.47. The Balaban J connectivity index is 1.83. The van der Waals surface area contributed by atoms with Crippen LogP contribution in [0.15, 0.2) is 42.7 Å². The zero-order valence-electron chi connectivity index (χ0n) is 8.93. The van der Waals surface area contributed by atoms with Crippen molar-refractivity contribution in [1.82, 2.24) is 9.55 Å². The summed E-state index contributed by atoms with van der Waals surface area (Å²) in [7, 11) is 2.07. The summed E-state index contributed by atoms with van der Waals surface area (Å²) < 4.78 is 2.15. The highest BCUT2D eigenvalue weighted by Crippen LogP contribution is 1.96. The fourth-order valence-corrected chi connectivity index (χ4v) is 1.60. The number of aryl methyl sites for hydroxylation is 1. The number of pyridine rings is 1. The topological polar surface area (TPSA) is 34.4 Å². The summed E-state index contributed by atoms with van der Waals surface area (Å²) in [6.45, 7) is 1.94. The molecule has 0 atom stereocenters. The highest BCUT2D eigenvalue weighted by molar-refractivity contribution is 5.05. The van der Waals surface area contributed by atoms with E-state index in [0.717, 1.165) is 18.8 Å². The number of nitrogens with two attached hydrogens (primary N) is 1. The van der Waals surface area contributed by atoms with Crippen molar-refractivity contribution >= 4 is 0 Å². The lowest BCUT2D eigenvalue weighted by Gasteiger charge is -2.02. The Hall–Kier alpha value is -1.61. The molecule has 2 rings (SSSR count). The maximum Gasteiger partial charge on any atom is 0.119 e. The van der Waals surface area contributed by atoms with Crippen LogP contribution >= 0.6 is 0 Å². The van der Waals surface area contributed by atoms with Crippen LogP contribution in [0.25, 0.3) is 0 Å². The summed E-state index contributed by atoms with van der Waals surface area (Å²) in [6.07, 6.45) is 3.91. The lowest BCUT2D eigenvalue weighted by atomic mass is 10.3. The second-order valence-electron chi connectivity index (χ2n) is 3.63. The molecule has 0 bridgehead atoms. The van der Waals surface area contributed by atoms with Gasteiger partial charge in [0, 0.05) is 19.4 Å². The van der Waals surface area contributed by atoms with Gasteiger partial charge in [-0.3, -0.25) is 4.98 Å². The molecule has 0 fully saturated rings. The molecule has 2 N–H and O–H groups in total. The van der Waals surface area contributed by atoms with Crippen LogP contribution in [-0.2, 0) is 20.1 Å². The van der Waals surface area contributed by atoms with Crippen LogP contribution < -0.4 is 5.32 Å². The standard InChI is InChI=1S/C12H15N3/c1-15-8-4-6-12(15)10-13-9-11-5-2-3-7-14-11/h2-8,13H,9-10H2,1H3/p+1. The molecule has 0 aromatic carbocycles. The first kappa shape index (κ1) is 9.93. The predicted octanol–water partition coefficient (Wildman–Crippen LogP) is 0.684. The van der Waals surface area contributed by atoms with E-state index in [9.17, 15) is 0 Å². The average Bonchev–Trinajstić information content (AvgIpc) is 2.66. The van der Waals surface area contributed by atoms with Crippen LogP contribution in [0.1, 0.15) is 11.4 Å². The molecule has 0 amide bonds. The van der Waals surface area contributed by atoms with Crippen LogP contribution in [0.5, 0.6) is 0 Å². The van der Waals surface area contributed by atoms with Crippen molar-refractivity contribution in [3.05, 3.63) is 54.1 Å². The van der Waals surface area contributed by atoms with Gasteiger partial charge in [-0.25, -0.2) is 0 Å². The zero-order valence-corrected chi connectivity index (χ0v) is 8.93. The number of hydrogen-bond donors (Lipinski definition) is 1. The summed E-state index contributed by atoms with van der Waals surface area (Å²) >= 11 is 0. The van der Waals surface area contributed by atoms with Gasteiger partial charge in [-0.05, 0) is 24.3 Å². The molecule has 0 spiro atoms. The SMILES string of the molecule is Cn1cccc1C[NH2+]Cc1ccccn1. The molecule has 2 aromatic heterocycles. The second kappa shape index (κ2) is 4.75. The van der Waals surface area contributed by atoms with Crippen LogP contribution in [0, 0.1) is 0 Å². The largest absolute Gasteiger partial charge is 0.350 e. The quantitative estimate of drug-likeness (QED) is 0.777. The molecule has 2 heterocycles. The fourth-order valence-electron chi connectivity index (χ4n) is 1.60. The van der Waals surface area contributed by atoms with E-state index in [1.54, 1.807) is 0 Å². The van der Waals surface area contributed by atoms with Gasteiger partial charge in [0.2, 0.25) is 0 Å². The van der Waals surface area contributed by atoms with Crippen LogP contribution in [0.4, 0.5) is 0 Å². The lowest BCUT2D eigenvalue weighted by Crippen LogP contribution is -2.81. The third-order valence-corrected chi connectivity index (χ3v) is 2.48. The van der Waals surface area contributed by atoms with E-state index >= 15 is 0 Å². The first-order valence-electron chi connectivity index (χ1n) is 5.18. The van der Waals surface area contributed by atoms with Crippen molar-refractivity contribution in [3.63, 3.8) is 0 Å². The molecule has 78 valence electrons. The number of hydrogen-bond acceptors (Lipinski definition) is 1. The van der Waals surface area contributed by atoms with Crippen molar-refractivity contribution in [1.29, 1.82) is 0 Å². The van der Waals surface area contributed by atoms with Crippen LogP contribution in [0.3, 0.4) is 0 Å². The third kappa shape index (κ3) is 2.67. The molecule has 0 aliphatic rings. The van der Waals surface area contributed by atoms with Gasteiger partial charge in [-0.15, -0.1) is 0 Å². The number of nitrogens with zero attached hydrogens (tertiary/aromatic N) is 2. The number of aromatic nitrogens is 2. The highest BCUT2D eigenvalue weighted by atomic mass is 15.0. The highest BCUT2D eigenvalue weighted by Gasteiger charge is 2.00. The van der Waals surface area contributed by atoms with Gasteiger partial charge < -0.3 is 9.88 Å². The Labute approximate surface area is 89.8 Å². The van der Waals surface area contributed by atoms with Crippen molar-refractivity contribution in [2.24, 2.45) is 7.05 Å². The molecule has 0 saturated carbocycles. The Morgan fingerprint density at radius 1 is 1.20 bits per heavy atom.